The van der Waals surface area contributed by atoms with Gasteiger partial charge in [0.05, 0.1) is 11.8 Å². The molecular formula is C6H3F2NO. The van der Waals surface area contributed by atoms with Gasteiger partial charge in [-0.15, -0.1) is 0 Å². The van der Waals surface area contributed by atoms with E-state index < -0.39 is 11.6 Å². The van der Waals surface area contributed by atoms with Crippen molar-refractivity contribution in [3.05, 3.63) is 29.6 Å². The number of halogens is 2. The zero-order valence-electron chi connectivity index (χ0n) is 4.84. The summed E-state index contributed by atoms with van der Waals surface area (Å²) < 4.78 is 24.5. The van der Waals surface area contributed by atoms with Crippen molar-refractivity contribution in [3.8, 4) is 0 Å². The van der Waals surface area contributed by atoms with Gasteiger partial charge in [0, 0.05) is 6.20 Å². The van der Waals surface area contributed by atoms with Crippen molar-refractivity contribution in [2.45, 2.75) is 0 Å². The van der Waals surface area contributed by atoms with E-state index in [2.05, 4.69) is 4.98 Å². The van der Waals surface area contributed by atoms with Crippen LogP contribution in [0.2, 0.25) is 0 Å². The number of carbonyl (C=O) groups excluding carboxylic acids is 1. The van der Waals surface area contributed by atoms with Gasteiger partial charge in [-0.2, -0.15) is 0 Å². The molecule has 0 bridgehead atoms. The quantitative estimate of drug-likeness (QED) is 0.552. The molecule has 0 saturated heterocycles. The van der Waals surface area contributed by atoms with E-state index in [1.807, 2.05) is 0 Å². The molecule has 0 N–H and O–H groups in total. The van der Waals surface area contributed by atoms with E-state index in [-0.39, 0.29) is 11.8 Å². The van der Waals surface area contributed by atoms with E-state index in [1.165, 1.54) is 0 Å². The number of carbonyl (C=O) groups is 1. The number of aromatic nitrogens is 1. The summed E-state index contributed by atoms with van der Waals surface area (Å²) in [6, 6.07) is 0. The minimum atomic E-state index is -1.15. The molecule has 0 unspecified atom stereocenters. The Bertz CT molecular complexity index is 262. The van der Waals surface area contributed by atoms with Crippen molar-refractivity contribution in [1.29, 1.82) is 0 Å². The third-order valence-corrected chi connectivity index (χ3v) is 0.992. The Morgan fingerprint density at radius 3 is 2.60 bits per heavy atom. The molecule has 1 aromatic rings. The van der Waals surface area contributed by atoms with Crippen LogP contribution >= 0.6 is 0 Å². The molecule has 0 aliphatic rings. The van der Waals surface area contributed by atoms with Crippen LogP contribution in [-0.4, -0.2) is 11.3 Å². The molecule has 0 atom stereocenters. The van der Waals surface area contributed by atoms with Crippen LogP contribution in [0.15, 0.2) is 12.4 Å². The zero-order chi connectivity index (χ0) is 7.56. The van der Waals surface area contributed by atoms with Gasteiger partial charge in [-0.1, -0.05) is 0 Å². The molecule has 52 valence electrons. The van der Waals surface area contributed by atoms with Gasteiger partial charge in [0.15, 0.2) is 17.9 Å². The molecule has 10 heavy (non-hydrogen) atoms. The van der Waals surface area contributed by atoms with E-state index >= 15 is 0 Å². The normalized spacial score (nSPS) is 9.40. The number of aldehydes is 1. The zero-order valence-corrected chi connectivity index (χ0v) is 4.84. The van der Waals surface area contributed by atoms with Crippen LogP contribution in [0.25, 0.3) is 0 Å². The maximum Gasteiger partial charge on any atom is 0.177 e. The van der Waals surface area contributed by atoms with Gasteiger partial charge >= 0.3 is 0 Å². The van der Waals surface area contributed by atoms with E-state index in [9.17, 15) is 13.6 Å². The minimum Gasteiger partial charge on any atom is -0.298 e. The summed E-state index contributed by atoms with van der Waals surface area (Å²) in [6.45, 7) is 0. The van der Waals surface area contributed by atoms with Gasteiger partial charge < -0.3 is 0 Å². The number of hydrogen-bond donors (Lipinski definition) is 0. The molecule has 2 nitrogen and oxygen atoms in total. The molecule has 0 fully saturated rings. The molecule has 0 aliphatic heterocycles. The van der Waals surface area contributed by atoms with Crippen LogP contribution in [0.4, 0.5) is 8.78 Å². The largest absolute Gasteiger partial charge is 0.298 e. The first-order chi connectivity index (χ1) is 4.75. The predicted molar refractivity (Wildman–Crippen MR) is 29.5 cm³/mol. The molecule has 1 heterocycles. The van der Waals surface area contributed by atoms with Crippen molar-refractivity contribution >= 4 is 6.29 Å². The highest BCUT2D eigenvalue weighted by Gasteiger charge is 2.05. The molecule has 0 radical (unpaired) electrons. The van der Waals surface area contributed by atoms with Gasteiger partial charge in [-0.3, -0.25) is 9.78 Å². The van der Waals surface area contributed by atoms with Crippen molar-refractivity contribution < 1.29 is 13.6 Å². The van der Waals surface area contributed by atoms with E-state index in [4.69, 9.17) is 0 Å². The molecular weight excluding hydrogens is 140 g/mol. The Labute approximate surface area is 55.5 Å². The topological polar surface area (TPSA) is 30.0 Å². The molecule has 1 rings (SSSR count). The fourth-order valence-corrected chi connectivity index (χ4v) is 0.516. The fourth-order valence-electron chi connectivity index (χ4n) is 0.516. The highest BCUT2D eigenvalue weighted by molar-refractivity contribution is 5.74. The van der Waals surface area contributed by atoms with Gasteiger partial charge in [-0.05, 0) is 0 Å². The summed E-state index contributed by atoms with van der Waals surface area (Å²) in [7, 11) is 0. The van der Waals surface area contributed by atoms with Gasteiger partial charge in [0.1, 0.15) is 0 Å². The van der Waals surface area contributed by atoms with E-state index in [1.54, 1.807) is 0 Å². The molecule has 0 aromatic carbocycles. The molecule has 0 amide bonds. The summed E-state index contributed by atoms with van der Waals surface area (Å²) >= 11 is 0. The first-order valence-corrected chi connectivity index (χ1v) is 2.50. The standard InChI is InChI=1S/C6H3F2NO/c7-5-2-9-1-4(3-10)6(5)8/h1-3H. The van der Waals surface area contributed by atoms with E-state index in [0.29, 0.717) is 6.20 Å². The Balaban J connectivity index is 3.27. The molecule has 4 heteroatoms. The Morgan fingerprint density at radius 1 is 1.40 bits per heavy atom. The monoisotopic (exact) mass is 143 g/mol. The Hall–Kier alpha value is -1.32. The lowest BCUT2D eigenvalue weighted by atomic mass is 10.3. The van der Waals surface area contributed by atoms with Gasteiger partial charge in [0.2, 0.25) is 0 Å². The smallest absolute Gasteiger partial charge is 0.177 e. The van der Waals surface area contributed by atoms with Gasteiger partial charge in [-0.25, -0.2) is 8.78 Å². The third kappa shape index (κ3) is 1.00. The number of rotatable bonds is 1. The Kier molecular flexibility index (Phi) is 1.71. The van der Waals surface area contributed by atoms with Crippen molar-refractivity contribution in [1.82, 2.24) is 4.98 Å². The van der Waals surface area contributed by atoms with Crippen LogP contribution < -0.4 is 0 Å². The van der Waals surface area contributed by atoms with Crippen molar-refractivity contribution in [2.24, 2.45) is 0 Å². The molecule has 0 aliphatic carbocycles. The summed E-state index contributed by atoms with van der Waals surface area (Å²) in [4.78, 5) is 13.2. The lowest BCUT2D eigenvalue weighted by Crippen LogP contribution is -1.93. The second-order valence-electron chi connectivity index (χ2n) is 1.64. The molecule has 0 saturated carbocycles. The number of hydrogen-bond acceptors (Lipinski definition) is 2. The first-order valence-electron chi connectivity index (χ1n) is 2.50. The highest BCUT2D eigenvalue weighted by Crippen LogP contribution is 2.05. The lowest BCUT2D eigenvalue weighted by Gasteiger charge is -1.91. The second kappa shape index (κ2) is 2.51. The summed E-state index contributed by atoms with van der Waals surface area (Å²) in [5.74, 6) is -2.26. The summed E-state index contributed by atoms with van der Waals surface area (Å²) in [5, 5.41) is 0. The van der Waals surface area contributed by atoms with Crippen LogP contribution in [0, 0.1) is 11.6 Å². The maximum atomic E-state index is 12.4. The van der Waals surface area contributed by atoms with Crippen LogP contribution in [0.3, 0.4) is 0 Å². The van der Waals surface area contributed by atoms with Crippen LogP contribution in [-0.2, 0) is 0 Å². The van der Waals surface area contributed by atoms with E-state index in [0.717, 1.165) is 6.20 Å². The molecule has 1 aromatic heterocycles. The summed E-state index contributed by atoms with van der Waals surface area (Å²) in [6.07, 6.45) is 1.89. The average molecular weight is 143 g/mol. The van der Waals surface area contributed by atoms with Crippen LogP contribution in [0.5, 0.6) is 0 Å². The fraction of sp³-hybridized carbons (Fsp3) is 0. The number of pyridine rings is 1. The number of nitrogens with zero attached hydrogens (tertiary/aromatic N) is 1. The molecule has 0 spiro atoms. The predicted octanol–water partition coefficient (Wildman–Crippen LogP) is 1.17. The van der Waals surface area contributed by atoms with Crippen molar-refractivity contribution in [2.75, 3.05) is 0 Å². The summed E-state index contributed by atoms with van der Waals surface area (Å²) in [5.41, 5.74) is -0.361. The minimum absolute atomic E-state index is 0.214. The van der Waals surface area contributed by atoms with Gasteiger partial charge in [0.25, 0.3) is 0 Å². The average Bonchev–Trinajstić information content (AvgIpc) is 1.95. The third-order valence-electron chi connectivity index (χ3n) is 0.992. The Morgan fingerprint density at radius 2 is 2.10 bits per heavy atom. The maximum absolute atomic E-state index is 12.4. The second-order valence-corrected chi connectivity index (χ2v) is 1.64. The SMILES string of the molecule is O=Cc1cncc(F)c1F. The van der Waals surface area contributed by atoms with Crippen molar-refractivity contribution in [3.63, 3.8) is 0 Å². The highest BCUT2D eigenvalue weighted by atomic mass is 19.2. The van der Waals surface area contributed by atoms with Crippen LogP contribution in [0.1, 0.15) is 10.4 Å². The lowest BCUT2D eigenvalue weighted by molar-refractivity contribution is 0.111. The first kappa shape index (κ1) is 6.80.